The van der Waals surface area contributed by atoms with Crippen molar-refractivity contribution in [2.45, 2.75) is 0 Å². The fourth-order valence-corrected chi connectivity index (χ4v) is 5.18. The van der Waals surface area contributed by atoms with Crippen molar-refractivity contribution in [1.29, 1.82) is 0 Å². The van der Waals surface area contributed by atoms with Gasteiger partial charge in [0, 0.05) is 22.5 Å². The Bertz CT molecular complexity index is 1880. The van der Waals surface area contributed by atoms with Crippen molar-refractivity contribution in [2.75, 3.05) is 0 Å². The summed E-state index contributed by atoms with van der Waals surface area (Å²) in [7, 11) is 2.74. The van der Waals surface area contributed by atoms with Gasteiger partial charge in [-0.1, -0.05) is 91.0 Å². The van der Waals surface area contributed by atoms with Crippen molar-refractivity contribution in [2.24, 2.45) is 0 Å². The SMILES string of the molecule is Pc1ccc(-c2ccc3cc(-c4ccc(-c5cccc6c5oc5ncccc56)cc4)ccc3c2)cc1. The highest BCUT2D eigenvalue weighted by Gasteiger charge is 2.12. The summed E-state index contributed by atoms with van der Waals surface area (Å²) in [6.45, 7) is 0. The molecular weight excluding hydrogens is 457 g/mol. The number of pyridine rings is 1. The van der Waals surface area contributed by atoms with Gasteiger partial charge in [0.15, 0.2) is 0 Å². The van der Waals surface area contributed by atoms with Crippen LogP contribution in [0.25, 0.3) is 66.2 Å². The third kappa shape index (κ3) is 3.59. The molecule has 36 heavy (non-hydrogen) atoms. The first-order chi connectivity index (χ1) is 17.7. The Kier molecular flexibility index (Phi) is 4.94. The van der Waals surface area contributed by atoms with E-state index in [9.17, 15) is 0 Å². The molecule has 0 bridgehead atoms. The minimum absolute atomic E-state index is 0.678. The van der Waals surface area contributed by atoms with Gasteiger partial charge in [-0.15, -0.1) is 9.24 Å². The normalized spacial score (nSPS) is 11.5. The molecule has 0 saturated heterocycles. The van der Waals surface area contributed by atoms with Crippen LogP contribution >= 0.6 is 9.24 Å². The van der Waals surface area contributed by atoms with E-state index in [0.29, 0.717) is 5.71 Å². The summed E-state index contributed by atoms with van der Waals surface area (Å²) in [6, 6.07) is 41.0. The minimum atomic E-state index is 0.678. The van der Waals surface area contributed by atoms with Crippen LogP contribution in [0, 0.1) is 0 Å². The van der Waals surface area contributed by atoms with Gasteiger partial charge >= 0.3 is 0 Å². The second kappa shape index (κ2) is 8.45. The number of hydrogen-bond donors (Lipinski definition) is 0. The molecule has 0 aliphatic rings. The van der Waals surface area contributed by atoms with Crippen molar-refractivity contribution in [3.8, 4) is 33.4 Å². The molecule has 1 unspecified atom stereocenters. The zero-order valence-corrected chi connectivity index (χ0v) is 20.6. The maximum Gasteiger partial charge on any atom is 0.227 e. The molecule has 2 aromatic heterocycles. The largest absolute Gasteiger partial charge is 0.437 e. The third-order valence-corrected chi connectivity index (χ3v) is 7.27. The van der Waals surface area contributed by atoms with E-state index in [1.54, 1.807) is 6.20 Å². The van der Waals surface area contributed by atoms with Crippen molar-refractivity contribution < 1.29 is 4.42 Å². The molecule has 0 fully saturated rings. The van der Waals surface area contributed by atoms with E-state index in [1.165, 1.54) is 38.3 Å². The van der Waals surface area contributed by atoms with Gasteiger partial charge in [-0.2, -0.15) is 0 Å². The highest BCUT2D eigenvalue weighted by Crippen LogP contribution is 2.36. The second-order valence-electron chi connectivity index (χ2n) is 9.12. The number of fused-ring (bicyclic) bond motifs is 4. The van der Waals surface area contributed by atoms with Gasteiger partial charge in [-0.25, -0.2) is 4.98 Å². The van der Waals surface area contributed by atoms with Crippen LogP contribution in [0.1, 0.15) is 0 Å². The third-order valence-electron chi connectivity index (χ3n) is 6.89. The number of benzene rings is 5. The van der Waals surface area contributed by atoms with Crippen LogP contribution in [0.15, 0.2) is 126 Å². The van der Waals surface area contributed by atoms with E-state index in [-0.39, 0.29) is 0 Å². The standard InChI is InChI=1S/C33H22NOP/c36-28-16-14-22(15-17-28)25-11-13-26-19-24(10-12-27(26)20-25)21-6-8-23(9-7-21)29-3-1-4-30-31-5-2-18-34-33(31)35-32(29)30/h1-20H,36H2. The zero-order chi connectivity index (χ0) is 24.1. The van der Waals surface area contributed by atoms with Crippen molar-refractivity contribution >= 4 is 47.4 Å². The van der Waals surface area contributed by atoms with Crippen LogP contribution in [0.3, 0.4) is 0 Å². The molecular formula is C33H22NOP. The number of para-hydroxylation sites is 1. The lowest BCUT2D eigenvalue weighted by molar-refractivity contribution is 0.655. The summed E-state index contributed by atoms with van der Waals surface area (Å²) in [4.78, 5) is 4.39. The maximum absolute atomic E-state index is 6.14. The fraction of sp³-hybridized carbons (Fsp3) is 0. The van der Waals surface area contributed by atoms with Gasteiger partial charge in [-0.05, 0) is 68.2 Å². The van der Waals surface area contributed by atoms with Crippen LogP contribution in [0.5, 0.6) is 0 Å². The number of furan rings is 1. The second-order valence-corrected chi connectivity index (χ2v) is 9.78. The molecule has 0 radical (unpaired) electrons. The molecule has 0 amide bonds. The Labute approximate surface area is 211 Å². The molecule has 5 aromatic carbocycles. The van der Waals surface area contributed by atoms with Gasteiger partial charge in [0.2, 0.25) is 5.71 Å². The molecule has 3 heteroatoms. The van der Waals surface area contributed by atoms with E-state index in [2.05, 4.69) is 123 Å². The Hall–Kier alpha value is -4.26. The highest BCUT2D eigenvalue weighted by molar-refractivity contribution is 7.27. The smallest absolute Gasteiger partial charge is 0.227 e. The molecule has 170 valence electrons. The summed E-state index contributed by atoms with van der Waals surface area (Å²) in [6.07, 6.45) is 1.77. The van der Waals surface area contributed by atoms with Crippen molar-refractivity contribution in [3.63, 3.8) is 0 Å². The summed E-state index contributed by atoms with van der Waals surface area (Å²) >= 11 is 0. The van der Waals surface area contributed by atoms with Crippen LogP contribution in [0.2, 0.25) is 0 Å². The summed E-state index contributed by atoms with van der Waals surface area (Å²) in [5.74, 6) is 0. The fourth-order valence-electron chi connectivity index (χ4n) is 4.98. The summed E-state index contributed by atoms with van der Waals surface area (Å²) < 4.78 is 6.14. The lowest BCUT2D eigenvalue weighted by atomic mass is 9.96. The summed E-state index contributed by atoms with van der Waals surface area (Å²) in [5, 5.41) is 5.82. The average Bonchev–Trinajstić information content (AvgIpc) is 3.32. The molecule has 0 N–H and O–H groups in total. The van der Waals surface area contributed by atoms with E-state index < -0.39 is 0 Å². The Balaban J connectivity index is 1.23. The lowest BCUT2D eigenvalue weighted by Crippen LogP contribution is -1.88. The Morgan fingerprint density at radius 1 is 0.528 bits per heavy atom. The predicted octanol–water partition coefficient (Wildman–Crippen LogP) is 8.64. The van der Waals surface area contributed by atoms with Gasteiger partial charge in [0.05, 0.1) is 0 Å². The molecule has 2 nitrogen and oxygen atoms in total. The number of aromatic nitrogens is 1. The maximum atomic E-state index is 6.14. The molecule has 7 aromatic rings. The molecule has 0 spiro atoms. The first-order valence-electron chi connectivity index (χ1n) is 12.0. The van der Waals surface area contributed by atoms with Crippen LogP contribution in [-0.4, -0.2) is 4.98 Å². The minimum Gasteiger partial charge on any atom is -0.437 e. The number of hydrogen-bond acceptors (Lipinski definition) is 2. The van der Waals surface area contributed by atoms with E-state index in [4.69, 9.17) is 4.42 Å². The lowest BCUT2D eigenvalue weighted by Gasteiger charge is -2.09. The van der Waals surface area contributed by atoms with Crippen molar-refractivity contribution in [1.82, 2.24) is 4.98 Å². The van der Waals surface area contributed by atoms with Gasteiger partial charge in [0.1, 0.15) is 5.58 Å². The first-order valence-corrected chi connectivity index (χ1v) is 12.6. The van der Waals surface area contributed by atoms with E-state index in [1.807, 2.05) is 6.07 Å². The van der Waals surface area contributed by atoms with Gasteiger partial charge < -0.3 is 4.42 Å². The Morgan fingerprint density at radius 3 is 1.81 bits per heavy atom. The summed E-state index contributed by atoms with van der Waals surface area (Å²) in [5.41, 5.74) is 8.64. The monoisotopic (exact) mass is 479 g/mol. The van der Waals surface area contributed by atoms with Crippen LogP contribution in [-0.2, 0) is 0 Å². The van der Waals surface area contributed by atoms with Crippen LogP contribution in [0.4, 0.5) is 0 Å². The first kappa shape index (κ1) is 21.1. The number of nitrogens with zero attached hydrogens (tertiary/aromatic N) is 1. The van der Waals surface area contributed by atoms with Gasteiger partial charge in [0.25, 0.3) is 0 Å². The molecule has 0 aliphatic carbocycles. The molecule has 0 saturated carbocycles. The highest BCUT2D eigenvalue weighted by atomic mass is 31.0. The average molecular weight is 480 g/mol. The van der Waals surface area contributed by atoms with Crippen molar-refractivity contribution in [3.05, 3.63) is 121 Å². The quantitative estimate of drug-likeness (QED) is 0.237. The van der Waals surface area contributed by atoms with Crippen LogP contribution < -0.4 is 5.30 Å². The molecule has 7 rings (SSSR count). The topological polar surface area (TPSA) is 26.0 Å². The molecule has 0 aliphatic heterocycles. The number of rotatable bonds is 3. The molecule has 2 heterocycles. The zero-order valence-electron chi connectivity index (χ0n) is 19.5. The van der Waals surface area contributed by atoms with E-state index in [0.717, 1.165) is 27.5 Å². The Morgan fingerprint density at radius 2 is 1.11 bits per heavy atom. The van der Waals surface area contributed by atoms with Gasteiger partial charge in [-0.3, -0.25) is 0 Å². The van der Waals surface area contributed by atoms with E-state index >= 15 is 0 Å². The predicted molar refractivity (Wildman–Crippen MR) is 155 cm³/mol. The molecule has 1 atom stereocenters.